The van der Waals surface area contributed by atoms with Crippen molar-refractivity contribution in [2.24, 2.45) is 0 Å². The molecule has 2 aromatic carbocycles. The molecular formula is C19H16F3N3O. The summed E-state index contributed by atoms with van der Waals surface area (Å²) in [5.74, 6) is -0.465. The number of nitrogens with zero attached hydrogens (tertiary/aromatic N) is 2. The van der Waals surface area contributed by atoms with Gasteiger partial charge in [-0.05, 0) is 48.4 Å². The van der Waals surface area contributed by atoms with Gasteiger partial charge in [-0.2, -0.15) is 18.3 Å². The number of halogens is 3. The summed E-state index contributed by atoms with van der Waals surface area (Å²) >= 11 is 0. The Labute approximate surface area is 148 Å². The van der Waals surface area contributed by atoms with Crippen molar-refractivity contribution >= 4 is 11.6 Å². The molecule has 0 atom stereocenters. The van der Waals surface area contributed by atoms with Gasteiger partial charge in [-0.15, -0.1) is 0 Å². The summed E-state index contributed by atoms with van der Waals surface area (Å²) in [6.45, 7) is 1.95. The standard InChI is InChI=1S/C19H16F3N3O/c1-13-3-8-16(11-17(13)19(20,21)22)24-18(26)15-6-4-14(5-7-15)12-25-10-2-9-23-25/h2-11H,12H2,1H3,(H,24,26). The number of alkyl halides is 3. The van der Waals surface area contributed by atoms with Crippen LogP contribution in [-0.2, 0) is 12.7 Å². The number of aryl methyl sites for hydroxylation is 1. The van der Waals surface area contributed by atoms with Gasteiger partial charge in [0, 0.05) is 23.6 Å². The Kier molecular flexibility index (Phi) is 4.79. The second kappa shape index (κ2) is 7.03. The third kappa shape index (κ3) is 4.11. The SMILES string of the molecule is Cc1ccc(NC(=O)c2ccc(Cn3cccn3)cc2)cc1C(F)(F)F. The van der Waals surface area contributed by atoms with Gasteiger partial charge in [0.2, 0.25) is 0 Å². The fourth-order valence-corrected chi connectivity index (χ4v) is 2.55. The lowest BCUT2D eigenvalue weighted by atomic mass is 10.1. The maximum atomic E-state index is 13.0. The Balaban J connectivity index is 1.72. The van der Waals surface area contributed by atoms with Gasteiger partial charge in [0.05, 0.1) is 12.1 Å². The number of anilines is 1. The zero-order chi connectivity index (χ0) is 18.7. The molecule has 1 N–H and O–H groups in total. The fraction of sp³-hybridized carbons (Fsp3) is 0.158. The largest absolute Gasteiger partial charge is 0.416 e. The number of rotatable bonds is 4. The number of benzene rings is 2. The normalized spacial score (nSPS) is 11.4. The highest BCUT2D eigenvalue weighted by molar-refractivity contribution is 6.04. The van der Waals surface area contributed by atoms with Gasteiger partial charge >= 0.3 is 6.18 Å². The average Bonchev–Trinajstić information content (AvgIpc) is 3.09. The highest BCUT2D eigenvalue weighted by atomic mass is 19.4. The second-order valence-electron chi connectivity index (χ2n) is 5.88. The van der Waals surface area contributed by atoms with Gasteiger partial charge in [-0.25, -0.2) is 0 Å². The number of carbonyl (C=O) groups is 1. The zero-order valence-corrected chi connectivity index (χ0v) is 13.9. The molecule has 1 amide bonds. The Hall–Kier alpha value is -3.09. The van der Waals surface area contributed by atoms with Gasteiger partial charge < -0.3 is 5.32 Å². The van der Waals surface area contributed by atoms with Crippen molar-refractivity contribution in [3.63, 3.8) is 0 Å². The molecule has 0 saturated heterocycles. The third-order valence-electron chi connectivity index (χ3n) is 3.92. The van der Waals surface area contributed by atoms with Crippen LogP contribution in [-0.4, -0.2) is 15.7 Å². The molecular weight excluding hydrogens is 343 g/mol. The van der Waals surface area contributed by atoms with E-state index in [0.717, 1.165) is 11.6 Å². The third-order valence-corrected chi connectivity index (χ3v) is 3.92. The lowest BCUT2D eigenvalue weighted by Gasteiger charge is -2.13. The van der Waals surface area contributed by atoms with Crippen LogP contribution in [0.2, 0.25) is 0 Å². The quantitative estimate of drug-likeness (QED) is 0.745. The summed E-state index contributed by atoms with van der Waals surface area (Å²) < 4.78 is 40.7. The first kappa shape index (κ1) is 17.7. The van der Waals surface area contributed by atoms with Gasteiger partial charge in [0.15, 0.2) is 0 Å². The number of hydrogen-bond acceptors (Lipinski definition) is 2. The van der Waals surface area contributed by atoms with Crippen LogP contribution < -0.4 is 5.32 Å². The molecule has 0 aliphatic carbocycles. The topological polar surface area (TPSA) is 46.9 Å². The van der Waals surface area contributed by atoms with E-state index in [1.807, 2.05) is 12.3 Å². The van der Waals surface area contributed by atoms with E-state index in [1.165, 1.54) is 19.1 Å². The molecule has 0 aliphatic heterocycles. The highest BCUT2D eigenvalue weighted by Gasteiger charge is 2.32. The number of amides is 1. The molecule has 26 heavy (non-hydrogen) atoms. The molecule has 3 aromatic rings. The number of hydrogen-bond donors (Lipinski definition) is 1. The van der Waals surface area contributed by atoms with Crippen molar-refractivity contribution in [1.29, 1.82) is 0 Å². The first-order valence-corrected chi connectivity index (χ1v) is 7.88. The summed E-state index contributed by atoms with van der Waals surface area (Å²) in [7, 11) is 0. The predicted octanol–water partition coefficient (Wildman–Crippen LogP) is 4.51. The average molecular weight is 359 g/mol. The smallest absolute Gasteiger partial charge is 0.322 e. The lowest BCUT2D eigenvalue weighted by Crippen LogP contribution is -2.14. The van der Waals surface area contributed by atoms with Crippen LogP contribution in [0.1, 0.15) is 27.0 Å². The molecule has 0 unspecified atom stereocenters. The predicted molar refractivity (Wildman–Crippen MR) is 91.9 cm³/mol. The van der Waals surface area contributed by atoms with E-state index >= 15 is 0 Å². The lowest BCUT2D eigenvalue weighted by molar-refractivity contribution is -0.138. The van der Waals surface area contributed by atoms with E-state index in [-0.39, 0.29) is 11.3 Å². The molecule has 0 spiro atoms. The van der Waals surface area contributed by atoms with Crippen LogP contribution in [0, 0.1) is 6.92 Å². The van der Waals surface area contributed by atoms with Crippen LogP contribution in [0.25, 0.3) is 0 Å². The molecule has 1 heterocycles. The molecule has 0 radical (unpaired) electrons. The van der Waals surface area contributed by atoms with Crippen molar-refractivity contribution in [1.82, 2.24) is 9.78 Å². The van der Waals surface area contributed by atoms with Crippen LogP contribution >= 0.6 is 0 Å². The minimum atomic E-state index is -4.46. The summed E-state index contributed by atoms with van der Waals surface area (Å²) in [5.41, 5.74) is 0.778. The van der Waals surface area contributed by atoms with E-state index in [4.69, 9.17) is 0 Å². The number of aromatic nitrogens is 2. The van der Waals surface area contributed by atoms with E-state index in [0.29, 0.717) is 12.1 Å². The van der Waals surface area contributed by atoms with E-state index in [1.54, 1.807) is 35.1 Å². The molecule has 4 nitrogen and oxygen atoms in total. The Bertz CT molecular complexity index is 901. The molecule has 0 bridgehead atoms. The van der Waals surface area contributed by atoms with Crippen LogP contribution in [0.5, 0.6) is 0 Å². The zero-order valence-electron chi connectivity index (χ0n) is 13.9. The molecule has 3 rings (SSSR count). The van der Waals surface area contributed by atoms with Gasteiger partial charge in [0.25, 0.3) is 5.91 Å². The molecule has 1 aromatic heterocycles. The van der Waals surface area contributed by atoms with Gasteiger partial charge in [0.1, 0.15) is 0 Å². The van der Waals surface area contributed by atoms with Crippen LogP contribution in [0.4, 0.5) is 18.9 Å². The second-order valence-corrected chi connectivity index (χ2v) is 5.88. The summed E-state index contributed by atoms with van der Waals surface area (Å²) in [4.78, 5) is 12.3. The van der Waals surface area contributed by atoms with Crippen molar-refractivity contribution in [2.75, 3.05) is 5.32 Å². The van der Waals surface area contributed by atoms with Crippen molar-refractivity contribution in [3.05, 3.63) is 83.2 Å². The number of nitrogens with one attached hydrogen (secondary N) is 1. The minimum absolute atomic E-state index is 0.105. The fourth-order valence-electron chi connectivity index (χ4n) is 2.55. The summed E-state index contributed by atoms with van der Waals surface area (Å²) in [6.07, 6.45) is -0.951. The maximum Gasteiger partial charge on any atom is 0.416 e. The van der Waals surface area contributed by atoms with Crippen molar-refractivity contribution in [3.8, 4) is 0 Å². The Morgan fingerprint density at radius 3 is 2.50 bits per heavy atom. The maximum absolute atomic E-state index is 13.0. The highest BCUT2D eigenvalue weighted by Crippen LogP contribution is 2.33. The molecule has 0 fully saturated rings. The van der Waals surface area contributed by atoms with E-state index in [2.05, 4.69) is 10.4 Å². The molecule has 0 saturated carbocycles. The van der Waals surface area contributed by atoms with Gasteiger partial charge in [-0.3, -0.25) is 9.48 Å². The van der Waals surface area contributed by atoms with E-state index in [9.17, 15) is 18.0 Å². The summed E-state index contributed by atoms with van der Waals surface area (Å²) in [5, 5.41) is 6.61. The molecule has 0 aliphatic rings. The minimum Gasteiger partial charge on any atom is -0.322 e. The van der Waals surface area contributed by atoms with Gasteiger partial charge in [-0.1, -0.05) is 18.2 Å². The molecule has 134 valence electrons. The van der Waals surface area contributed by atoms with Crippen LogP contribution in [0.3, 0.4) is 0 Å². The Morgan fingerprint density at radius 1 is 1.15 bits per heavy atom. The first-order chi connectivity index (χ1) is 12.3. The van der Waals surface area contributed by atoms with Crippen LogP contribution in [0.15, 0.2) is 60.9 Å². The molecule has 7 heteroatoms. The first-order valence-electron chi connectivity index (χ1n) is 7.88. The number of carbonyl (C=O) groups excluding carboxylic acids is 1. The van der Waals surface area contributed by atoms with Crippen molar-refractivity contribution < 1.29 is 18.0 Å². The monoisotopic (exact) mass is 359 g/mol. The van der Waals surface area contributed by atoms with Crippen molar-refractivity contribution in [2.45, 2.75) is 19.6 Å². The van der Waals surface area contributed by atoms with E-state index < -0.39 is 17.6 Å². The summed E-state index contributed by atoms with van der Waals surface area (Å²) in [6, 6.07) is 12.4. The Morgan fingerprint density at radius 2 is 1.88 bits per heavy atom.